The van der Waals surface area contributed by atoms with Crippen molar-refractivity contribution in [3.05, 3.63) is 10.6 Å². The van der Waals surface area contributed by atoms with Gasteiger partial charge in [-0.1, -0.05) is 0 Å². The first kappa shape index (κ1) is 13.8. The maximum Gasteiger partial charge on any atom is 0.230 e. The van der Waals surface area contributed by atoms with E-state index in [-0.39, 0.29) is 16.1 Å². The molecule has 1 aliphatic rings. The summed E-state index contributed by atoms with van der Waals surface area (Å²) in [5.74, 6) is 0.521. The van der Waals surface area contributed by atoms with Gasteiger partial charge in [-0.3, -0.25) is 0 Å². The molecule has 2 rings (SSSR count). The standard InChI is InChI=1S/C11H17Cl2N5/c1-17(2)11(5-4-6-11)7-18(3)10-15-8(12)14-9(13)16-10/h4-7H2,1-3H3. The molecule has 1 fully saturated rings. The summed E-state index contributed by atoms with van der Waals surface area (Å²) in [6, 6.07) is 0. The molecular formula is C11H17Cl2N5. The van der Waals surface area contributed by atoms with Gasteiger partial charge in [-0.05, 0) is 56.6 Å². The summed E-state index contributed by atoms with van der Waals surface area (Å²) >= 11 is 11.6. The van der Waals surface area contributed by atoms with Crippen molar-refractivity contribution in [2.75, 3.05) is 32.6 Å². The van der Waals surface area contributed by atoms with Gasteiger partial charge in [0.15, 0.2) is 0 Å². The predicted molar refractivity (Wildman–Crippen MR) is 73.4 cm³/mol. The van der Waals surface area contributed by atoms with Crippen LogP contribution in [-0.4, -0.2) is 53.1 Å². The maximum absolute atomic E-state index is 5.79. The average Bonchev–Trinajstić information content (AvgIpc) is 2.21. The first-order chi connectivity index (χ1) is 8.43. The van der Waals surface area contributed by atoms with E-state index in [1.807, 2.05) is 11.9 Å². The molecule has 7 heteroatoms. The van der Waals surface area contributed by atoms with Crippen LogP contribution in [0.5, 0.6) is 0 Å². The van der Waals surface area contributed by atoms with Gasteiger partial charge >= 0.3 is 0 Å². The van der Waals surface area contributed by atoms with Crippen molar-refractivity contribution >= 4 is 29.2 Å². The average molecular weight is 290 g/mol. The Morgan fingerprint density at radius 2 is 1.61 bits per heavy atom. The minimum absolute atomic E-state index is 0.129. The van der Waals surface area contributed by atoms with Crippen molar-refractivity contribution < 1.29 is 0 Å². The predicted octanol–water partition coefficient (Wildman–Crippen LogP) is 2.10. The Morgan fingerprint density at radius 3 is 2.00 bits per heavy atom. The van der Waals surface area contributed by atoms with Crippen LogP contribution in [0.3, 0.4) is 0 Å². The van der Waals surface area contributed by atoms with E-state index in [4.69, 9.17) is 23.2 Å². The summed E-state index contributed by atoms with van der Waals surface area (Å²) in [5, 5.41) is 0.258. The third-order valence-corrected chi connectivity index (χ3v) is 4.01. The number of rotatable bonds is 4. The van der Waals surface area contributed by atoms with E-state index in [0.717, 1.165) is 6.54 Å². The molecule has 0 N–H and O–H groups in total. The monoisotopic (exact) mass is 289 g/mol. The van der Waals surface area contributed by atoms with Crippen LogP contribution in [0.2, 0.25) is 10.6 Å². The van der Waals surface area contributed by atoms with E-state index >= 15 is 0 Å². The van der Waals surface area contributed by atoms with Crippen molar-refractivity contribution in [2.24, 2.45) is 0 Å². The lowest BCUT2D eigenvalue weighted by Gasteiger charge is -2.49. The molecule has 18 heavy (non-hydrogen) atoms. The number of likely N-dealkylation sites (N-methyl/N-ethyl adjacent to an activating group) is 2. The molecule has 0 atom stereocenters. The summed E-state index contributed by atoms with van der Waals surface area (Å²) in [6.45, 7) is 0.858. The van der Waals surface area contributed by atoms with Crippen LogP contribution in [-0.2, 0) is 0 Å². The van der Waals surface area contributed by atoms with Crippen LogP contribution in [0, 0.1) is 0 Å². The van der Waals surface area contributed by atoms with Crippen molar-refractivity contribution in [1.82, 2.24) is 19.9 Å². The van der Waals surface area contributed by atoms with Gasteiger partial charge in [0.25, 0.3) is 0 Å². The van der Waals surface area contributed by atoms with Gasteiger partial charge in [-0.25, -0.2) is 0 Å². The SMILES string of the molecule is CN(CC1(N(C)C)CCC1)c1nc(Cl)nc(Cl)n1. The molecule has 0 aromatic carbocycles. The number of hydrogen-bond acceptors (Lipinski definition) is 5. The molecule has 0 radical (unpaired) electrons. The quantitative estimate of drug-likeness (QED) is 0.849. The highest BCUT2D eigenvalue weighted by atomic mass is 35.5. The fourth-order valence-corrected chi connectivity index (χ4v) is 2.69. The van der Waals surface area contributed by atoms with Crippen molar-refractivity contribution in [3.63, 3.8) is 0 Å². The van der Waals surface area contributed by atoms with Gasteiger partial charge in [-0.2, -0.15) is 15.0 Å². The summed E-state index contributed by atoms with van der Waals surface area (Å²) < 4.78 is 0. The summed E-state index contributed by atoms with van der Waals surface area (Å²) in [7, 11) is 6.17. The van der Waals surface area contributed by atoms with Crippen molar-refractivity contribution in [3.8, 4) is 0 Å². The van der Waals surface area contributed by atoms with E-state index in [1.165, 1.54) is 19.3 Å². The molecule has 0 unspecified atom stereocenters. The lowest BCUT2D eigenvalue weighted by Crippen LogP contribution is -2.57. The van der Waals surface area contributed by atoms with Gasteiger partial charge in [-0.15, -0.1) is 0 Å². The van der Waals surface area contributed by atoms with Gasteiger partial charge in [0.2, 0.25) is 16.5 Å². The van der Waals surface area contributed by atoms with Gasteiger partial charge in [0.05, 0.1) is 0 Å². The smallest absolute Gasteiger partial charge is 0.230 e. The van der Waals surface area contributed by atoms with E-state index in [0.29, 0.717) is 5.95 Å². The fraction of sp³-hybridized carbons (Fsp3) is 0.727. The van der Waals surface area contributed by atoms with Crippen LogP contribution < -0.4 is 4.90 Å². The molecule has 100 valence electrons. The minimum Gasteiger partial charge on any atom is -0.342 e. The zero-order valence-corrected chi connectivity index (χ0v) is 12.3. The Kier molecular flexibility index (Phi) is 3.94. The van der Waals surface area contributed by atoms with Gasteiger partial charge in [0, 0.05) is 19.1 Å². The highest BCUT2D eigenvalue weighted by Gasteiger charge is 2.40. The highest BCUT2D eigenvalue weighted by Crippen LogP contribution is 2.37. The second kappa shape index (κ2) is 5.15. The molecular weight excluding hydrogens is 273 g/mol. The second-order valence-electron chi connectivity index (χ2n) is 5.00. The van der Waals surface area contributed by atoms with Crippen LogP contribution in [0.1, 0.15) is 19.3 Å². The Morgan fingerprint density at radius 1 is 1.06 bits per heavy atom. The Hall–Kier alpha value is -0.650. The number of nitrogens with zero attached hydrogens (tertiary/aromatic N) is 5. The molecule has 5 nitrogen and oxygen atoms in total. The number of halogens is 2. The highest BCUT2D eigenvalue weighted by molar-refractivity contribution is 6.31. The summed E-state index contributed by atoms with van der Waals surface area (Å²) in [6.07, 6.45) is 3.65. The Labute approximate surface area is 117 Å². The molecule has 0 saturated heterocycles. The maximum atomic E-state index is 5.79. The molecule has 1 aromatic rings. The van der Waals surface area contributed by atoms with Gasteiger partial charge in [0.1, 0.15) is 0 Å². The molecule has 1 aliphatic carbocycles. The molecule has 0 spiro atoms. The molecule has 1 saturated carbocycles. The van der Waals surface area contributed by atoms with E-state index in [9.17, 15) is 0 Å². The zero-order valence-electron chi connectivity index (χ0n) is 10.8. The van der Waals surface area contributed by atoms with Crippen LogP contribution in [0.4, 0.5) is 5.95 Å². The lowest BCUT2D eigenvalue weighted by atomic mass is 9.75. The second-order valence-corrected chi connectivity index (χ2v) is 5.68. The zero-order chi connectivity index (χ0) is 13.3. The normalized spacial score (nSPS) is 17.7. The van der Waals surface area contributed by atoms with Crippen molar-refractivity contribution in [1.29, 1.82) is 0 Å². The topological polar surface area (TPSA) is 45.2 Å². The molecule has 1 aromatic heterocycles. The molecule has 0 amide bonds. The lowest BCUT2D eigenvalue weighted by molar-refractivity contribution is 0.0680. The molecule has 0 bridgehead atoms. The molecule has 0 aliphatic heterocycles. The first-order valence-corrected chi connectivity index (χ1v) is 6.64. The van der Waals surface area contributed by atoms with Crippen LogP contribution >= 0.6 is 23.2 Å². The van der Waals surface area contributed by atoms with Crippen molar-refractivity contribution in [2.45, 2.75) is 24.8 Å². The number of hydrogen-bond donors (Lipinski definition) is 0. The fourth-order valence-electron chi connectivity index (χ4n) is 2.33. The summed E-state index contributed by atoms with van der Waals surface area (Å²) in [5.41, 5.74) is 0.209. The number of anilines is 1. The van der Waals surface area contributed by atoms with E-state index in [1.54, 1.807) is 0 Å². The summed E-state index contributed by atoms with van der Waals surface area (Å²) in [4.78, 5) is 16.2. The van der Waals surface area contributed by atoms with Gasteiger partial charge < -0.3 is 9.80 Å². The van der Waals surface area contributed by atoms with Crippen LogP contribution in [0.25, 0.3) is 0 Å². The Balaban J connectivity index is 2.14. The largest absolute Gasteiger partial charge is 0.342 e. The Bertz CT molecular complexity index is 413. The molecule has 1 heterocycles. The van der Waals surface area contributed by atoms with E-state index < -0.39 is 0 Å². The van der Waals surface area contributed by atoms with E-state index in [2.05, 4.69) is 33.9 Å². The third kappa shape index (κ3) is 2.68. The van der Waals surface area contributed by atoms with Crippen LogP contribution in [0.15, 0.2) is 0 Å². The third-order valence-electron chi connectivity index (χ3n) is 3.67. The number of aromatic nitrogens is 3. The minimum atomic E-state index is 0.129. The first-order valence-electron chi connectivity index (χ1n) is 5.89.